The van der Waals surface area contributed by atoms with Gasteiger partial charge in [0.15, 0.2) is 5.12 Å². The van der Waals surface area contributed by atoms with Crippen molar-refractivity contribution < 1.29 is 23.9 Å². The van der Waals surface area contributed by atoms with Crippen molar-refractivity contribution in [3.8, 4) is 5.75 Å². The lowest BCUT2D eigenvalue weighted by atomic mass is 10.1. The quantitative estimate of drug-likeness (QED) is 0.650. The molecule has 7 heteroatoms. The van der Waals surface area contributed by atoms with Crippen LogP contribution in [0.4, 0.5) is 0 Å². The average Bonchev–Trinajstić information content (AvgIpc) is 2.78. The van der Waals surface area contributed by atoms with Gasteiger partial charge in [-0.1, -0.05) is 63.7 Å². The van der Waals surface area contributed by atoms with Gasteiger partial charge in [0, 0.05) is 19.1 Å². The molecule has 0 aromatic heterocycles. The number of hydrogen-bond acceptors (Lipinski definition) is 6. The number of hydrogen-bond donors (Lipinski definition) is 1. The predicted octanol–water partition coefficient (Wildman–Crippen LogP) is 4.38. The summed E-state index contributed by atoms with van der Waals surface area (Å²) in [5.41, 5.74) is 0.884. The Hall–Kier alpha value is -2.54. The summed E-state index contributed by atoms with van der Waals surface area (Å²) in [4.78, 5) is 35.0. The molecule has 1 N–H and O–H groups in total. The Bertz CT molecular complexity index is 822. The van der Waals surface area contributed by atoms with Gasteiger partial charge >= 0.3 is 5.97 Å². The van der Waals surface area contributed by atoms with Crippen LogP contribution in [0.25, 0.3) is 10.8 Å². The summed E-state index contributed by atoms with van der Waals surface area (Å²) in [6, 6.07) is 10.7. The van der Waals surface area contributed by atoms with Crippen LogP contribution in [0.5, 0.6) is 5.75 Å². The van der Waals surface area contributed by atoms with Crippen LogP contribution in [0.15, 0.2) is 36.4 Å². The molecule has 0 heterocycles. The number of thioether (sulfide) groups is 1. The van der Waals surface area contributed by atoms with E-state index in [0.717, 1.165) is 33.8 Å². The molecule has 1 atom stereocenters. The number of benzene rings is 2. The van der Waals surface area contributed by atoms with Gasteiger partial charge < -0.3 is 14.8 Å². The number of rotatable bonds is 7. The summed E-state index contributed by atoms with van der Waals surface area (Å²) in [5.74, 6) is -0.00200. The van der Waals surface area contributed by atoms with Crippen molar-refractivity contribution in [3.05, 3.63) is 42.0 Å². The SMILES string of the molecule is CC.CC.COC(=O)C(CSC(=O)Cc1ccc2cc(OC)ccc2c1)NC(C)=O. The number of carbonyl (C=O) groups is 3. The molecule has 166 valence electrons. The second kappa shape index (κ2) is 15.3. The van der Waals surface area contributed by atoms with Gasteiger partial charge in [0.2, 0.25) is 5.91 Å². The van der Waals surface area contributed by atoms with Crippen LogP contribution < -0.4 is 10.1 Å². The Labute approximate surface area is 183 Å². The number of carbonyl (C=O) groups excluding carboxylic acids is 3. The predicted molar refractivity (Wildman–Crippen MR) is 124 cm³/mol. The highest BCUT2D eigenvalue weighted by atomic mass is 32.2. The zero-order valence-corrected chi connectivity index (χ0v) is 19.7. The largest absolute Gasteiger partial charge is 0.497 e. The molecule has 2 rings (SSSR count). The highest BCUT2D eigenvalue weighted by Crippen LogP contribution is 2.23. The van der Waals surface area contributed by atoms with Crippen molar-refractivity contribution in [2.75, 3.05) is 20.0 Å². The Morgan fingerprint density at radius 3 is 2.13 bits per heavy atom. The molecule has 0 saturated heterocycles. The minimum Gasteiger partial charge on any atom is -0.497 e. The molecule has 0 fully saturated rings. The third-order valence-corrected chi connectivity index (χ3v) is 4.70. The van der Waals surface area contributed by atoms with Gasteiger partial charge in [-0.3, -0.25) is 9.59 Å². The number of fused-ring (bicyclic) bond motifs is 1. The molecule has 0 radical (unpaired) electrons. The van der Waals surface area contributed by atoms with Gasteiger partial charge in [-0.25, -0.2) is 4.79 Å². The summed E-state index contributed by atoms with van der Waals surface area (Å²) in [6.45, 7) is 9.31. The van der Waals surface area contributed by atoms with E-state index >= 15 is 0 Å². The maximum Gasteiger partial charge on any atom is 0.329 e. The van der Waals surface area contributed by atoms with Crippen LogP contribution in [0.2, 0.25) is 0 Å². The zero-order chi connectivity index (χ0) is 23.1. The first-order valence-electron chi connectivity index (χ1n) is 10.00. The molecule has 0 spiro atoms. The van der Waals surface area contributed by atoms with Crippen LogP contribution in [-0.4, -0.2) is 43.0 Å². The molecule has 0 aliphatic carbocycles. The van der Waals surface area contributed by atoms with E-state index in [2.05, 4.69) is 10.1 Å². The van der Waals surface area contributed by atoms with E-state index in [0.29, 0.717) is 0 Å². The van der Waals surface area contributed by atoms with Crippen LogP contribution in [0.3, 0.4) is 0 Å². The molecule has 1 unspecified atom stereocenters. The van der Waals surface area contributed by atoms with Crippen molar-refractivity contribution in [1.82, 2.24) is 5.32 Å². The molecule has 2 aromatic rings. The van der Waals surface area contributed by atoms with E-state index in [4.69, 9.17) is 4.74 Å². The number of esters is 1. The van der Waals surface area contributed by atoms with Crippen molar-refractivity contribution in [3.63, 3.8) is 0 Å². The van der Waals surface area contributed by atoms with Crippen LogP contribution >= 0.6 is 11.8 Å². The van der Waals surface area contributed by atoms with Crippen LogP contribution in [0, 0.1) is 0 Å². The molecule has 0 aliphatic rings. The lowest BCUT2D eigenvalue weighted by Gasteiger charge is -2.14. The summed E-state index contributed by atoms with van der Waals surface area (Å²) < 4.78 is 9.84. The molecule has 0 saturated carbocycles. The van der Waals surface area contributed by atoms with Gasteiger partial charge in [-0.05, 0) is 28.5 Å². The van der Waals surface area contributed by atoms with E-state index < -0.39 is 12.0 Å². The molecule has 0 aliphatic heterocycles. The second-order valence-electron chi connectivity index (χ2n) is 5.68. The van der Waals surface area contributed by atoms with Crippen molar-refractivity contribution >= 4 is 39.5 Å². The summed E-state index contributed by atoms with van der Waals surface area (Å²) in [6.07, 6.45) is 0.237. The topological polar surface area (TPSA) is 81.7 Å². The maximum absolute atomic E-state index is 12.2. The van der Waals surface area contributed by atoms with Gasteiger partial charge in [0.25, 0.3) is 0 Å². The third-order valence-electron chi connectivity index (χ3n) is 3.73. The highest BCUT2D eigenvalue weighted by molar-refractivity contribution is 8.13. The minimum atomic E-state index is -0.837. The zero-order valence-electron chi connectivity index (χ0n) is 18.9. The van der Waals surface area contributed by atoms with E-state index in [1.54, 1.807) is 7.11 Å². The molecular weight excluding hydrogens is 402 g/mol. The third kappa shape index (κ3) is 9.31. The van der Waals surface area contributed by atoms with Crippen molar-refractivity contribution in [2.45, 2.75) is 47.1 Å². The van der Waals surface area contributed by atoms with Crippen molar-refractivity contribution in [1.29, 1.82) is 0 Å². The first kappa shape index (κ1) is 27.5. The highest BCUT2D eigenvalue weighted by Gasteiger charge is 2.21. The Morgan fingerprint density at radius 1 is 0.967 bits per heavy atom. The molecule has 30 heavy (non-hydrogen) atoms. The molecule has 1 amide bonds. The van der Waals surface area contributed by atoms with E-state index in [1.807, 2.05) is 64.1 Å². The van der Waals surface area contributed by atoms with E-state index in [-0.39, 0.29) is 23.2 Å². The Morgan fingerprint density at radius 2 is 1.57 bits per heavy atom. The monoisotopic (exact) mass is 435 g/mol. The molecule has 2 aromatic carbocycles. The van der Waals surface area contributed by atoms with Crippen molar-refractivity contribution in [2.24, 2.45) is 0 Å². The second-order valence-corrected chi connectivity index (χ2v) is 6.76. The maximum atomic E-state index is 12.2. The van der Waals surface area contributed by atoms with E-state index in [1.165, 1.54) is 14.0 Å². The van der Waals surface area contributed by atoms with Gasteiger partial charge in [-0.15, -0.1) is 0 Å². The summed E-state index contributed by atoms with van der Waals surface area (Å²) in [5, 5.41) is 4.45. The smallest absolute Gasteiger partial charge is 0.329 e. The van der Waals surface area contributed by atoms with Gasteiger partial charge in [0.05, 0.1) is 14.2 Å². The van der Waals surface area contributed by atoms with Gasteiger partial charge in [0.1, 0.15) is 11.8 Å². The standard InChI is InChI=1S/C19H21NO5S.2C2H6/c1-12(21)20-17(19(23)25-3)11-26-18(22)9-13-4-5-15-10-16(24-2)7-6-14(15)8-13;2*1-2/h4-8,10,17H,9,11H2,1-3H3,(H,20,21);2*1-2H3. The first-order valence-corrected chi connectivity index (χ1v) is 11.0. The average molecular weight is 436 g/mol. The Kier molecular flexibility index (Phi) is 14.0. The number of methoxy groups -OCH3 is 2. The van der Waals surface area contributed by atoms with Crippen LogP contribution in [-0.2, 0) is 25.5 Å². The lowest BCUT2D eigenvalue weighted by molar-refractivity contribution is -0.144. The first-order chi connectivity index (χ1) is 14.4. The fraction of sp³-hybridized carbons (Fsp3) is 0.435. The normalized spacial score (nSPS) is 10.5. The van der Waals surface area contributed by atoms with Crippen LogP contribution in [0.1, 0.15) is 40.2 Å². The van der Waals surface area contributed by atoms with Gasteiger partial charge in [-0.2, -0.15) is 0 Å². The number of ether oxygens (including phenoxy) is 2. The fourth-order valence-electron chi connectivity index (χ4n) is 2.46. The minimum absolute atomic E-state index is 0.0860. The molecular formula is C23H33NO5S. The molecule has 0 bridgehead atoms. The van der Waals surface area contributed by atoms with E-state index in [9.17, 15) is 14.4 Å². The lowest BCUT2D eigenvalue weighted by Crippen LogP contribution is -2.42. The summed E-state index contributed by atoms with van der Waals surface area (Å²) >= 11 is 1.00. The number of amides is 1. The molecule has 6 nitrogen and oxygen atoms in total. The number of nitrogens with one attached hydrogen (secondary N) is 1. The summed E-state index contributed by atoms with van der Waals surface area (Å²) in [7, 11) is 2.86. The Balaban J connectivity index is 0.00000198. The fourth-order valence-corrected chi connectivity index (χ4v) is 3.30.